The Morgan fingerprint density at radius 3 is 2.52 bits per heavy atom. The number of carboxylic acids is 1. The maximum Gasteiger partial charge on any atom is 0.354 e. The minimum absolute atomic E-state index is 0.00388. The standard InChI is InChI=1S/C15H21N3O3/c1-10(2)15(5-6-15)9-18-14(21)17-8-11-3-4-12(13(19)20)16-7-11/h3-4,7,10H,5-6,8-9H2,1-2H3,(H,19,20)(H2,17,18,21). The SMILES string of the molecule is CC(C)C1(CNC(=O)NCc2ccc(C(=O)O)nc2)CC1. The Kier molecular flexibility index (Phi) is 4.45. The van der Waals surface area contributed by atoms with Gasteiger partial charge in [0.1, 0.15) is 5.69 Å². The Labute approximate surface area is 124 Å². The van der Waals surface area contributed by atoms with Crippen molar-refractivity contribution in [2.24, 2.45) is 11.3 Å². The molecule has 6 heteroatoms. The average Bonchev–Trinajstić information content (AvgIpc) is 3.24. The molecule has 1 aliphatic carbocycles. The molecule has 1 aliphatic rings. The van der Waals surface area contributed by atoms with Crippen molar-refractivity contribution >= 4 is 12.0 Å². The lowest BCUT2D eigenvalue weighted by molar-refractivity contribution is 0.0690. The minimum atomic E-state index is -1.06. The van der Waals surface area contributed by atoms with Gasteiger partial charge in [0.05, 0.1) is 0 Å². The second kappa shape index (κ2) is 6.11. The summed E-state index contributed by atoms with van der Waals surface area (Å²) in [5.41, 5.74) is 1.04. The van der Waals surface area contributed by atoms with Crippen LogP contribution in [-0.2, 0) is 6.54 Å². The first-order valence-electron chi connectivity index (χ1n) is 7.13. The molecule has 0 saturated heterocycles. The molecule has 6 nitrogen and oxygen atoms in total. The number of urea groups is 1. The number of rotatable bonds is 6. The number of pyridine rings is 1. The predicted octanol–water partition coefficient (Wildman–Crippen LogP) is 2.02. The zero-order chi connectivity index (χ0) is 15.5. The van der Waals surface area contributed by atoms with E-state index in [1.165, 1.54) is 25.1 Å². The van der Waals surface area contributed by atoms with Gasteiger partial charge in [-0.2, -0.15) is 0 Å². The first-order chi connectivity index (χ1) is 9.93. The van der Waals surface area contributed by atoms with E-state index in [9.17, 15) is 9.59 Å². The van der Waals surface area contributed by atoms with E-state index in [2.05, 4.69) is 29.5 Å². The second-order valence-electron chi connectivity index (χ2n) is 5.91. The molecule has 1 heterocycles. The van der Waals surface area contributed by atoms with Gasteiger partial charge in [0, 0.05) is 19.3 Å². The second-order valence-corrected chi connectivity index (χ2v) is 5.91. The van der Waals surface area contributed by atoms with Crippen LogP contribution in [0.4, 0.5) is 4.79 Å². The normalized spacial score (nSPS) is 15.6. The predicted molar refractivity (Wildman–Crippen MR) is 77.9 cm³/mol. The molecule has 1 fully saturated rings. The number of amides is 2. The summed E-state index contributed by atoms with van der Waals surface area (Å²) in [5.74, 6) is -0.485. The molecule has 3 N–H and O–H groups in total. The first-order valence-corrected chi connectivity index (χ1v) is 7.13. The third kappa shape index (κ3) is 3.93. The summed E-state index contributed by atoms with van der Waals surface area (Å²) in [5, 5.41) is 14.4. The van der Waals surface area contributed by atoms with Crippen molar-refractivity contribution in [3.63, 3.8) is 0 Å². The lowest BCUT2D eigenvalue weighted by Crippen LogP contribution is -2.39. The third-order valence-electron chi connectivity index (χ3n) is 4.21. The molecule has 114 valence electrons. The molecule has 2 amide bonds. The first kappa shape index (κ1) is 15.3. The van der Waals surface area contributed by atoms with Crippen LogP contribution in [0.3, 0.4) is 0 Å². The molecule has 0 bridgehead atoms. The van der Waals surface area contributed by atoms with Gasteiger partial charge in [-0.3, -0.25) is 0 Å². The van der Waals surface area contributed by atoms with Gasteiger partial charge in [0.15, 0.2) is 0 Å². The number of carbonyl (C=O) groups is 2. The van der Waals surface area contributed by atoms with Crippen LogP contribution in [0, 0.1) is 11.3 Å². The molecule has 1 aromatic heterocycles. The summed E-state index contributed by atoms with van der Waals surface area (Å²) >= 11 is 0. The van der Waals surface area contributed by atoms with E-state index in [0.717, 1.165) is 5.56 Å². The molecule has 0 spiro atoms. The fourth-order valence-corrected chi connectivity index (χ4v) is 2.28. The molecule has 0 aliphatic heterocycles. The monoisotopic (exact) mass is 291 g/mol. The maximum atomic E-state index is 11.8. The number of hydrogen-bond donors (Lipinski definition) is 3. The van der Waals surface area contributed by atoms with Crippen LogP contribution in [0.1, 0.15) is 42.7 Å². The topological polar surface area (TPSA) is 91.3 Å². The van der Waals surface area contributed by atoms with Crippen LogP contribution in [-0.4, -0.2) is 28.6 Å². The van der Waals surface area contributed by atoms with Crippen LogP contribution < -0.4 is 10.6 Å². The summed E-state index contributed by atoms with van der Waals surface area (Å²) < 4.78 is 0. The van der Waals surface area contributed by atoms with E-state index >= 15 is 0 Å². The van der Waals surface area contributed by atoms with Crippen molar-refractivity contribution in [2.45, 2.75) is 33.2 Å². The van der Waals surface area contributed by atoms with Gasteiger partial charge in [-0.1, -0.05) is 19.9 Å². The average molecular weight is 291 g/mol. The Bertz CT molecular complexity index is 521. The highest BCUT2D eigenvalue weighted by atomic mass is 16.4. The van der Waals surface area contributed by atoms with Crippen LogP contribution in [0.15, 0.2) is 18.3 Å². The number of carbonyl (C=O) groups excluding carboxylic acids is 1. The number of nitrogens with one attached hydrogen (secondary N) is 2. The molecule has 0 aromatic carbocycles. The zero-order valence-corrected chi connectivity index (χ0v) is 12.3. The molecule has 0 unspecified atom stereocenters. The van der Waals surface area contributed by atoms with Crippen molar-refractivity contribution in [3.8, 4) is 0 Å². The van der Waals surface area contributed by atoms with E-state index < -0.39 is 5.97 Å². The number of nitrogens with zero attached hydrogens (tertiary/aromatic N) is 1. The summed E-state index contributed by atoms with van der Waals surface area (Å²) in [6, 6.07) is 2.87. The number of aromatic nitrogens is 1. The van der Waals surface area contributed by atoms with Crippen molar-refractivity contribution in [1.82, 2.24) is 15.6 Å². The Morgan fingerprint density at radius 2 is 2.05 bits per heavy atom. The molecule has 21 heavy (non-hydrogen) atoms. The Balaban J connectivity index is 1.75. The van der Waals surface area contributed by atoms with Crippen molar-refractivity contribution in [3.05, 3.63) is 29.6 Å². The summed E-state index contributed by atoms with van der Waals surface area (Å²) in [4.78, 5) is 26.2. The van der Waals surface area contributed by atoms with E-state index in [4.69, 9.17) is 5.11 Å². The van der Waals surface area contributed by atoms with E-state index in [1.807, 2.05) is 0 Å². The van der Waals surface area contributed by atoms with Crippen LogP contribution in [0.2, 0.25) is 0 Å². The van der Waals surface area contributed by atoms with Gasteiger partial charge in [0.25, 0.3) is 0 Å². The summed E-state index contributed by atoms with van der Waals surface area (Å²) in [7, 11) is 0. The van der Waals surface area contributed by atoms with Crippen molar-refractivity contribution in [1.29, 1.82) is 0 Å². The van der Waals surface area contributed by atoms with E-state index in [-0.39, 0.29) is 17.1 Å². The smallest absolute Gasteiger partial charge is 0.354 e. The number of hydrogen-bond acceptors (Lipinski definition) is 3. The summed E-state index contributed by atoms with van der Waals surface area (Å²) in [6.07, 6.45) is 3.80. The Morgan fingerprint density at radius 1 is 1.33 bits per heavy atom. The quantitative estimate of drug-likeness (QED) is 0.747. The van der Waals surface area contributed by atoms with Gasteiger partial charge < -0.3 is 15.7 Å². The molecule has 0 atom stereocenters. The van der Waals surface area contributed by atoms with Gasteiger partial charge in [0.2, 0.25) is 0 Å². The zero-order valence-electron chi connectivity index (χ0n) is 12.3. The molecule has 1 saturated carbocycles. The van der Waals surface area contributed by atoms with Gasteiger partial charge in [-0.15, -0.1) is 0 Å². The van der Waals surface area contributed by atoms with Crippen molar-refractivity contribution in [2.75, 3.05) is 6.54 Å². The fraction of sp³-hybridized carbons (Fsp3) is 0.533. The lowest BCUT2D eigenvalue weighted by Gasteiger charge is -2.20. The van der Waals surface area contributed by atoms with Crippen LogP contribution >= 0.6 is 0 Å². The molecular weight excluding hydrogens is 270 g/mol. The van der Waals surface area contributed by atoms with Crippen molar-refractivity contribution < 1.29 is 14.7 Å². The van der Waals surface area contributed by atoms with E-state index in [1.54, 1.807) is 6.07 Å². The van der Waals surface area contributed by atoms with Crippen LogP contribution in [0.5, 0.6) is 0 Å². The molecule has 0 radical (unpaired) electrons. The molecule has 1 aromatic rings. The highest BCUT2D eigenvalue weighted by Gasteiger charge is 2.45. The van der Waals surface area contributed by atoms with Crippen LogP contribution in [0.25, 0.3) is 0 Å². The number of aromatic carboxylic acids is 1. The van der Waals surface area contributed by atoms with E-state index in [0.29, 0.717) is 19.0 Å². The fourth-order valence-electron chi connectivity index (χ4n) is 2.28. The molecule has 2 rings (SSSR count). The third-order valence-corrected chi connectivity index (χ3v) is 4.21. The number of carboxylic acid groups (broad SMARTS) is 1. The summed E-state index contributed by atoms with van der Waals surface area (Å²) in [6.45, 7) is 5.39. The Hall–Kier alpha value is -2.11. The minimum Gasteiger partial charge on any atom is -0.477 e. The maximum absolute atomic E-state index is 11.8. The largest absolute Gasteiger partial charge is 0.477 e. The van der Waals surface area contributed by atoms with Gasteiger partial charge in [-0.25, -0.2) is 14.6 Å². The van der Waals surface area contributed by atoms with Gasteiger partial charge >= 0.3 is 12.0 Å². The van der Waals surface area contributed by atoms with Gasteiger partial charge in [-0.05, 0) is 35.8 Å². The lowest BCUT2D eigenvalue weighted by atomic mass is 9.92. The molecular formula is C15H21N3O3. The highest BCUT2D eigenvalue weighted by molar-refractivity contribution is 5.85. The highest BCUT2D eigenvalue weighted by Crippen LogP contribution is 2.51.